The van der Waals surface area contributed by atoms with Gasteiger partial charge in [0.2, 0.25) is 0 Å². The Bertz CT molecular complexity index is 1430. The number of benzene rings is 4. The molecule has 0 aliphatic heterocycles. The van der Waals surface area contributed by atoms with E-state index in [1.807, 2.05) is 30.3 Å². The lowest BCUT2D eigenvalue weighted by Crippen LogP contribution is -2.19. The van der Waals surface area contributed by atoms with Gasteiger partial charge in [-0.15, -0.1) is 0 Å². The highest BCUT2D eigenvalue weighted by molar-refractivity contribution is 7.85. The molecular formula is C22H18N2O6S. The van der Waals surface area contributed by atoms with Crippen LogP contribution in [0, 0.1) is 0 Å². The Kier molecular flexibility index (Phi) is 5.14. The number of carbonyl (C=O) groups is 1. The van der Waals surface area contributed by atoms with Crippen molar-refractivity contribution in [3.63, 3.8) is 0 Å². The third-order valence-corrected chi connectivity index (χ3v) is 5.61. The quantitative estimate of drug-likeness (QED) is 0.345. The molecule has 4 aromatic carbocycles. The Morgan fingerprint density at radius 3 is 2.16 bits per heavy atom. The maximum absolute atomic E-state index is 12.4. The van der Waals surface area contributed by atoms with Crippen LogP contribution in [0.25, 0.3) is 21.5 Å². The molecule has 0 saturated carbocycles. The number of amides is 2. The molecule has 9 heteroatoms. The predicted octanol–water partition coefficient (Wildman–Crippen LogP) is 4.60. The Balaban J connectivity index is 1.57. The molecule has 0 fully saturated rings. The number of phenols is 1. The monoisotopic (exact) mass is 438 g/mol. The Hall–Kier alpha value is -3.82. The lowest BCUT2D eigenvalue weighted by Gasteiger charge is -2.11. The number of urea groups is 1. The molecule has 2 amide bonds. The second kappa shape index (κ2) is 7.78. The van der Waals surface area contributed by atoms with Gasteiger partial charge in [-0.25, -0.2) is 4.79 Å². The molecule has 0 saturated heterocycles. The SMILES string of the molecule is COc1cccc2cc(NC(=O)Nc3ccc4c(O)cc(S(=O)(=O)O)cc4c3)ccc12. The van der Waals surface area contributed by atoms with Crippen LogP contribution in [0.15, 0.2) is 71.6 Å². The Morgan fingerprint density at radius 1 is 0.871 bits per heavy atom. The molecule has 0 bridgehead atoms. The van der Waals surface area contributed by atoms with Crippen molar-refractivity contribution in [1.82, 2.24) is 0 Å². The molecule has 0 spiro atoms. The summed E-state index contributed by atoms with van der Waals surface area (Å²) in [4.78, 5) is 12.0. The highest BCUT2D eigenvalue weighted by Crippen LogP contribution is 2.31. The van der Waals surface area contributed by atoms with Gasteiger partial charge in [-0.1, -0.05) is 12.1 Å². The van der Waals surface area contributed by atoms with Crippen LogP contribution in [0.2, 0.25) is 0 Å². The summed E-state index contributed by atoms with van der Waals surface area (Å²) < 4.78 is 37.3. The zero-order valence-electron chi connectivity index (χ0n) is 16.3. The Morgan fingerprint density at radius 2 is 1.52 bits per heavy atom. The molecule has 0 aliphatic rings. The minimum Gasteiger partial charge on any atom is -0.507 e. The van der Waals surface area contributed by atoms with Crippen LogP contribution < -0.4 is 15.4 Å². The molecule has 0 aliphatic carbocycles. The molecule has 4 rings (SSSR count). The number of phenolic OH excluding ortho intramolecular Hbond substituents is 1. The van der Waals surface area contributed by atoms with Crippen molar-refractivity contribution in [2.75, 3.05) is 17.7 Å². The van der Waals surface area contributed by atoms with Gasteiger partial charge in [0.05, 0.1) is 12.0 Å². The van der Waals surface area contributed by atoms with E-state index in [-0.39, 0.29) is 5.75 Å². The number of hydrogen-bond donors (Lipinski definition) is 4. The number of hydrogen-bond acceptors (Lipinski definition) is 5. The normalized spacial score (nSPS) is 11.4. The van der Waals surface area contributed by atoms with E-state index in [9.17, 15) is 22.9 Å². The minimum absolute atomic E-state index is 0.298. The van der Waals surface area contributed by atoms with Crippen LogP contribution >= 0.6 is 0 Å². The second-order valence-corrected chi connectivity index (χ2v) is 8.25. The number of methoxy groups -OCH3 is 1. The lowest BCUT2D eigenvalue weighted by atomic mass is 10.1. The van der Waals surface area contributed by atoms with Crippen molar-refractivity contribution in [2.24, 2.45) is 0 Å². The molecule has 0 aromatic heterocycles. The standard InChI is InChI=1S/C22H18N2O6S/c1-30-21-4-2-3-13-9-15(6-8-19(13)21)23-22(26)24-16-5-7-18-14(10-16)11-17(12-20(18)25)31(27,28)29/h2-12,25H,1H3,(H2,23,24,26)(H,27,28,29). The van der Waals surface area contributed by atoms with E-state index in [1.165, 1.54) is 18.2 Å². The van der Waals surface area contributed by atoms with Crippen molar-refractivity contribution in [2.45, 2.75) is 4.90 Å². The smallest absolute Gasteiger partial charge is 0.323 e. The molecular weight excluding hydrogens is 420 g/mol. The first-order chi connectivity index (χ1) is 14.7. The number of carbonyl (C=O) groups excluding carboxylic acids is 1. The maximum atomic E-state index is 12.4. The van der Waals surface area contributed by atoms with E-state index >= 15 is 0 Å². The molecule has 158 valence electrons. The van der Waals surface area contributed by atoms with E-state index in [1.54, 1.807) is 19.2 Å². The Labute approximate surface area is 177 Å². The summed E-state index contributed by atoms with van der Waals surface area (Å²) >= 11 is 0. The first-order valence-corrected chi connectivity index (χ1v) is 10.6. The number of rotatable bonds is 4. The number of ether oxygens (including phenoxy) is 1. The topological polar surface area (TPSA) is 125 Å². The van der Waals surface area contributed by atoms with Gasteiger partial charge < -0.3 is 20.5 Å². The molecule has 8 nitrogen and oxygen atoms in total. The van der Waals surface area contributed by atoms with Gasteiger partial charge in [-0.3, -0.25) is 4.55 Å². The third kappa shape index (κ3) is 4.23. The van der Waals surface area contributed by atoms with Crippen LogP contribution in [-0.2, 0) is 10.1 Å². The molecule has 31 heavy (non-hydrogen) atoms. The molecule has 0 heterocycles. The van der Waals surface area contributed by atoms with Crippen LogP contribution in [-0.4, -0.2) is 31.2 Å². The van der Waals surface area contributed by atoms with E-state index in [2.05, 4.69) is 10.6 Å². The average molecular weight is 438 g/mol. The summed E-state index contributed by atoms with van der Waals surface area (Å²) in [7, 11) is -2.89. The molecule has 0 atom stereocenters. The summed E-state index contributed by atoms with van der Waals surface area (Å²) in [5.41, 5.74) is 0.949. The molecule has 4 N–H and O–H groups in total. The van der Waals surface area contributed by atoms with Crippen molar-refractivity contribution in [3.8, 4) is 11.5 Å². The van der Waals surface area contributed by atoms with E-state index in [0.717, 1.165) is 22.6 Å². The second-order valence-electron chi connectivity index (χ2n) is 6.83. The number of aromatic hydroxyl groups is 1. The number of anilines is 2. The van der Waals surface area contributed by atoms with Gasteiger partial charge in [-0.05, 0) is 59.3 Å². The summed E-state index contributed by atoms with van der Waals surface area (Å²) in [5.74, 6) is 0.435. The van der Waals surface area contributed by atoms with Gasteiger partial charge in [0.1, 0.15) is 11.5 Å². The van der Waals surface area contributed by atoms with Crippen molar-refractivity contribution in [1.29, 1.82) is 0 Å². The van der Waals surface area contributed by atoms with Crippen molar-refractivity contribution in [3.05, 3.63) is 66.7 Å². The molecule has 4 aromatic rings. The van der Waals surface area contributed by atoms with E-state index < -0.39 is 21.0 Å². The average Bonchev–Trinajstić information content (AvgIpc) is 2.72. The third-order valence-electron chi connectivity index (χ3n) is 4.78. The fraction of sp³-hybridized carbons (Fsp3) is 0.0455. The largest absolute Gasteiger partial charge is 0.507 e. The van der Waals surface area contributed by atoms with Crippen LogP contribution in [0.3, 0.4) is 0 Å². The summed E-state index contributed by atoms with van der Waals surface area (Å²) in [6.45, 7) is 0. The number of nitrogens with one attached hydrogen (secondary N) is 2. The number of fused-ring (bicyclic) bond motifs is 2. The van der Waals surface area contributed by atoms with Crippen LogP contribution in [0.5, 0.6) is 11.5 Å². The van der Waals surface area contributed by atoms with Gasteiger partial charge in [-0.2, -0.15) is 8.42 Å². The minimum atomic E-state index is -4.49. The fourth-order valence-corrected chi connectivity index (χ4v) is 3.89. The maximum Gasteiger partial charge on any atom is 0.323 e. The van der Waals surface area contributed by atoms with Crippen LogP contribution in [0.4, 0.5) is 16.2 Å². The van der Waals surface area contributed by atoms with Crippen molar-refractivity contribution < 1.29 is 27.6 Å². The van der Waals surface area contributed by atoms with Gasteiger partial charge in [0, 0.05) is 28.2 Å². The van der Waals surface area contributed by atoms with Gasteiger partial charge in [0.15, 0.2) is 0 Å². The fourth-order valence-electron chi connectivity index (χ4n) is 3.35. The van der Waals surface area contributed by atoms with E-state index in [0.29, 0.717) is 22.1 Å². The summed E-state index contributed by atoms with van der Waals surface area (Å²) in [5, 5.41) is 18.0. The predicted molar refractivity (Wildman–Crippen MR) is 119 cm³/mol. The first kappa shape index (κ1) is 20.5. The molecule has 0 unspecified atom stereocenters. The highest BCUT2D eigenvalue weighted by atomic mass is 32.2. The van der Waals surface area contributed by atoms with Crippen molar-refractivity contribution >= 4 is 49.1 Å². The van der Waals surface area contributed by atoms with Gasteiger partial charge >= 0.3 is 6.03 Å². The van der Waals surface area contributed by atoms with E-state index in [4.69, 9.17) is 4.74 Å². The van der Waals surface area contributed by atoms with Crippen LogP contribution in [0.1, 0.15) is 0 Å². The summed E-state index contributed by atoms with van der Waals surface area (Å²) in [6.07, 6.45) is 0. The summed E-state index contributed by atoms with van der Waals surface area (Å²) in [6, 6.07) is 17.3. The highest BCUT2D eigenvalue weighted by Gasteiger charge is 2.14. The molecule has 0 radical (unpaired) electrons. The van der Waals surface area contributed by atoms with Gasteiger partial charge in [0.25, 0.3) is 10.1 Å². The first-order valence-electron chi connectivity index (χ1n) is 9.13. The lowest BCUT2D eigenvalue weighted by molar-refractivity contribution is 0.262. The zero-order chi connectivity index (χ0) is 22.2. The zero-order valence-corrected chi connectivity index (χ0v) is 17.1.